The second kappa shape index (κ2) is 6.31. The van der Waals surface area contributed by atoms with Crippen molar-refractivity contribution in [2.24, 2.45) is 5.92 Å². The molecule has 0 N–H and O–H groups in total. The van der Waals surface area contributed by atoms with Gasteiger partial charge in [0.05, 0.1) is 0 Å². The minimum atomic E-state index is -2.13. The van der Waals surface area contributed by atoms with Gasteiger partial charge in [-0.25, -0.2) is 8.78 Å². The Morgan fingerprint density at radius 2 is 1.67 bits per heavy atom. The number of hydrogen-bond donors (Lipinski definition) is 0. The lowest BCUT2D eigenvalue weighted by molar-refractivity contribution is 0.102. The summed E-state index contributed by atoms with van der Waals surface area (Å²) in [5, 5.41) is 0. The molecule has 0 aromatic heterocycles. The molecule has 2 heteroatoms. The molecule has 1 fully saturated rings. The molecule has 1 aromatic rings. The third-order valence-electron chi connectivity index (χ3n) is 4.22. The minimum Gasteiger partial charge on any atom is -0.211 e. The highest BCUT2D eigenvalue weighted by molar-refractivity contribution is 5.25. The van der Waals surface area contributed by atoms with Crippen LogP contribution in [0.25, 0.3) is 0 Å². The molecule has 0 saturated heterocycles. The first-order valence-electron chi connectivity index (χ1n) is 7.06. The smallest absolute Gasteiger partial charge is 0.211 e. The summed E-state index contributed by atoms with van der Waals surface area (Å²) < 4.78 is 24.6. The quantitative estimate of drug-likeness (QED) is 0.692. The summed E-state index contributed by atoms with van der Waals surface area (Å²) >= 11 is 0. The number of aryl methyl sites for hydroxylation is 1. The molecular formula is C16H22F2. The van der Waals surface area contributed by atoms with Crippen molar-refractivity contribution in [1.82, 2.24) is 0 Å². The van der Waals surface area contributed by atoms with Crippen LogP contribution in [0, 0.1) is 5.92 Å². The minimum absolute atomic E-state index is 0.0987. The Morgan fingerprint density at radius 3 is 2.17 bits per heavy atom. The first-order valence-corrected chi connectivity index (χ1v) is 7.06. The lowest BCUT2D eigenvalue weighted by Gasteiger charge is -2.28. The van der Waals surface area contributed by atoms with Crippen molar-refractivity contribution in [3.63, 3.8) is 0 Å². The summed E-state index contributed by atoms with van der Waals surface area (Å²) in [5.74, 6) is 0.834. The van der Waals surface area contributed by atoms with E-state index in [0.717, 1.165) is 32.1 Å². The molecule has 0 amide bonds. The van der Waals surface area contributed by atoms with E-state index in [4.69, 9.17) is 0 Å². The molecule has 0 atom stereocenters. The lowest BCUT2D eigenvalue weighted by Crippen LogP contribution is -2.15. The number of rotatable bonds is 4. The maximum absolute atomic E-state index is 12.3. The maximum atomic E-state index is 12.3. The summed E-state index contributed by atoms with van der Waals surface area (Å²) in [5.41, 5.74) is 2.76. The molecule has 0 bridgehead atoms. The monoisotopic (exact) mass is 252 g/mol. The SMILES string of the molecule is CCc1ccc(C2CCC(CC(F)F)CC2)cc1. The van der Waals surface area contributed by atoms with Gasteiger partial charge in [0.15, 0.2) is 0 Å². The van der Waals surface area contributed by atoms with Gasteiger partial charge in [0.25, 0.3) is 0 Å². The Labute approximate surface area is 108 Å². The van der Waals surface area contributed by atoms with Crippen LogP contribution in [0.4, 0.5) is 8.78 Å². The van der Waals surface area contributed by atoms with E-state index in [1.807, 2.05) is 0 Å². The molecule has 1 aliphatic carbocycles. The van der Waals surface area contributed by atoms with E-state index in [9.17, 15) is 8.78 Å². The zero-order valence-corrected chi connectivity index (χ0v) is 11.0. The van der Waals surface area contributed by atoms with Crippen LogP contribution >= 0.6 is 0 Å². The first kappa shape index (κ1) is 13.5. The van der Waals surface area contributed by atoms with Gasteiger partial charge < -0.3 is 0 Å². The average Bonchev–Trinajstić information content (AvgIpc) is 2.39. The second-order valence-electron chi connectivity index (χ2n) is 5.44. The number of alkyl halides is 2. The Bertz CT molecular complexity index is 348. The molecule has 100 valence electrons. The number of benzene rings is 1. The zero-order valence-electron chi connectivity index (χ0n) is 11.0. The molecule has 0 spiro atoms. The van der Waals surface area contributed by atoms with Gasteiger partial charge in [-0.05, 0) is 55.1 Å². The van der Waals surface area contributed by atoms with E-state index in [2.05, 4.69) is 31.2 Å². The molecule has 0 unspecified atom stereocenters. The third-order valence-corrected chi connectivity index (χ3v) is 4.22. The van der Waals surface area contributed by atoms with Crippen molar-refractivity contribution in [2.45, 2.75) is 57.8 Å². The molecule has 0 nitrogen and oxygen atoms in total. The van der Waals surface area contributed by atoms with Crippen molar-refractivity contribution in [3.8, 4) is 0 Å². The predicted molar refractivity (Wildman–Crippen MR) is 71.1 cm³/mol. The van der Waals surface area contributed by atoms with Crippen molar-refractivity contribution in [2.75, 3.05) is 0 Å². The van der Waals surface area contributed by atoms with Gasteiger partial charge in [0.1, 0.15) is 0 Å². The van der Waals surface area contributed by atoms with Crippen LogP contribution in [-0.4, -0.2) is 6.43 Å². The van der Waals surface area contributed by atoms with Crippen LogP contribution in [0.1, 0.15) is 56.1 Å². The van der Waals surface area contributed by atoms with Gasteiger partial charge >= 0.3 is 0 Å². The lowest BCUT2D eigenvalue weighted by atomic mass is 9.77. The van der Waals surface area contributed by atoms with E-state index in [1.165, 1.54) is 11.1 Å². The van der Waals surface area contributed by atoms with Crippen LogP contribution in [-0.2, 0) is 6.42 Å². The van der Waals surface area contributed by atoms with Crippen LogP contribution in [0.3, 0.4) is 0 Å². The fraction of sp³-hybridized carbons (Fsp3) is 0.625. The first-order chi connectivity index (χ1) is 8.69. The van der Waals surface area contributed by atoms with E-state index < -0.39 is 6.43 Å². The van der Waals surface area contributed by atoms with E-state index in [-0.39, 0.29) is 12.3 Å². The topological polar surface area (TPSA) is 0 Å². The Morgan fingerprint density at radius 1 is 1.06 bits per heavy atom. The fourth-order valence-electron chi connectivity index (χ4n) is 3.01. The molecule has 0 aliphatic heterocycles. The molecule has 2 rings (SSSR count). The standard InChI is InChI=1S/C16H22F2/c1-2-12-3-7-14(8-4-12)15-9-5-13(6-10-15)11-16(17)18/h3-4,7-8,13,15-16H,2,5-6,9-11H2,1H3. The van der Waals surface area contributed by atoms with Crippen molar-refractivity contribution in [3.05, 3.63) is 35.4 Å². The van der Waals surface area contributed by atoms with Gasteiger partial charge in [-0.15, -0.1) is 0 Å². The van der Waals surface area contributed by atoms with Gasteiger partial charge in [-0.1, -0.05) is 31.2 Å². The number of halogens is 2. The Hall–Kier alpha value is -0.920. The summed E-state index contributed by atoms with van der Waals surface area (Å²) in [6, 6.07) is 8.83. The van der Waals surface area contributed by atoms with Crippen LogP contribution in [0.15, 0.2) is 24.3 Å². The van der Waals surface area contributed by atoms with Crippen LogP contribution in [0.2, 0.25) is 0 Å². The summed E-state index contributed by atoms with van der Waals surface area (Å²) in [6.45, 7) is 2.16. The van der Waals surface area contributed by atoms with Crippen molar-refractivity contribution in [1.29, 1.82) is 0 Å². The summed E-state index contributed by atoms with van der Waals surface area (Å²) in [6.07, 6.45) is 3.11. The third kappa shape index (κ3) is 3.54. The van der Waals surface area contributed by atoms with E-state index >= 15 is 0 Å². The largest absolute Gasteiger partial charge is 0.238 e. The molecule has 18 heavy (non-hydrogen) atoms. The zero-order chi connectivity index (χ0) is 13.0. The second-order valence-corrected chi connectivity index (χ2v) is 5.44. The Balaban J connectivity index is 1.88. The average molecular weight is 252 g/mol. The highest BCUT2D eigenvalue weighted by Crippen LogP contribution is 2.37. The predicted octanol–water partition coefficient (Wildman–Crippen LogP) is 5.18. The van der Waals surface area contributed by atoms with E-state index in [0.29, 0.717) is 5.92 Å². The molecule has 1 aromatic carbocycles. The highest BCUT2D eigenvalue weighted by atomic mass is 19.3. The normalized spacial score (nSPS) is 24.4. The molecular weight excluding hydrogens is 230 g/mol. The summed E-state index contributed by atoms with van der Waals surface area (Å²) in [4.78, 5) is 0. The van der Waals surface area contributed by atoms with Crippen molar-refractivity contribution >= 4 is 0 Å². The molecule has 1 aliphatic rings. The highest BCUT2D eigenvalue weighted by Gasteiger charge is 2.24. The van der Waals surface area contributed by atoms with E-state index in [1.54, 1.807) is 0 Å². The van der Waals surface area contributed by atoms with Crippen molar-refractivity contribution < 1.29 is 8.78 Å². The fourth-order valence-corrected chi connectivity index (χ4v) is 3.01. The van der Waals surface area contributed by atoms with Crippen LogP contribution < -0.4 is 0 Å². The van der Waals surface area contributed by atoms with Gasteiger partial charge in [-0.2, -0.15) is 0 Å². The van der Waals surface area contributed by atoms with Crippen LogP contribution in [0.5, 0.6) is 0 Å². The number of hydrogen-bond acceptors (Lipinski definition) is 0. The van der Waals surface area contributed by atoms with Gasteiger partial charge in [-0.3, -0.25) is 0 Å². The van der Waals surface area contributed by atoms with Gasteiger partial charge in [0, 0.05) is 6.42 Å². The Kier molecular flexibility index (Phi) is 4.73. The maximum Gasteiger partial charge on any atom is 0.238 e. The van der Waals surface area contributed by atoms with Gasteiger partial charge in [0.2, 0.25) is 6.43 Å². The molecule has 0 heterocycles. The summed E-state index contributed by atoms with van der Waals surface area (Å²) in [7, 11) is 0. The molecule has 0 radical (unpaired) electrons. The molecule has 1 saturated carbocycles.